The molecule has 2 amide bonds. The van der Waals surface area contributed by atoms with Gasteiger partial charge >= 0.3 is 0 Å². The number of nitrogens with zero attached hydrogens (tertiary/aromatic N) is 2. The summed E-state index contributed by atoms with van der Waals surface area (Å²) < 4.78 is 30.8. The smallest absolute Gasteiger partial charge is 0.254 e. The van der Waals surface area contributed by atoms with Crippen LogP contribution in [0.5, 0.6) is 0 Å². The fraction of sp³-hybridized carbons (Fsp3) is 0.467. The van der Waals surface area contributed by atoms with Gasteiger partial charge < -0.3 is 15.0 Å². The lowest BCUT2D eigenvalue weighted by atomic mass is 10.1. The zero-order chi connectivity index (χ0) is 17.9. The lowest BCUT2D eigenvalue weighted by Crippen LogP contribution is -2.51. The van der Waals surface area contributed by atoms with Crippen molar-refractivity contribution in [2.24, 2.45) is 0 Å². The Morgan fingerprint density at radius 1 is 1.33 bits per heavy atom. The fourth-order valence-electron chi connectivity index (χ4n) is 2.34. The van der Waals surface area contributed by atoms with E-state index in [0.29, 0.717) is 6.54 Å². The number of hydrogen-bond acceptors (Lipinski definition) is 5. The zero-order valence-electron chi connectivity index (χ0n) is 13.9. The summed E-state index contributed by atoms with van der Waals surface area (Å²) in [6.07, 6.45) is -0.721. The SMILES string of the molecule is CNC(=O)C1CN(C(=O)c2cccc(S(=O)(=O)N(C)C)c2)CCO1. The lowest BCUT2D eigenvalue weighted by molar-refractivity contribution is -0.136. The van der Waals surface area contributed by atoms with Gasteiger partial charge in [0.1, 0.15) is 0 Å². The second kappa shape index (κ2) is 7.29. The third-order valence-corrected chi connectivity index (χ3v) is 5.56. The van der Waals surface area contributed by atoms with Crippen LogP contribution in [0.1, 0.15) is 10.4 Å². The van der Waals surface area contributed by atoms with Crippen molar-refractivity contribution in [2.45, 2.75) is 11.0 Å². The molecule has 1 aromatic carbocycles. The minimum atomic E-state index is -3.62. The molecule has 0 aromatic heterocycles. The first kappa shape index (κ1) is 18.4. The summed E-state index contributed by atoms with van der Waals surface area (Å²) >= 11 is 0. The summed E-state index contributed by atoms with van der Waals surface area (Å²) in [5, 5.41) is 2.49. The van der Waals surface area contributed by atoms with Crippen LogP contribution < -0.4 is 5.32 Å². The molecule has 1 fully saturated rings. The molecule has 0 radical (unpaired) electrons. The molecule has 1 aromatic rings. The maximum atomic E-state index is 12.6. The molecule has 0 bridgehead atoms. The number of carbonyl (C=O) groups is 2. The molecule has 24 heavy (non-hydrogen) atoms. The van der Waals surface area contributed by atoms with Gasteiger partial charge in [0.25, 0.3) is 11.8 Å². The highest BCUT2D eigenvalue weighted by molar-refractivity contribution is 7.89. The Bertz CT molecular complexity index is 732. The van der Waals surface area contributed by atoms with Crippen molar-refractivity contribution in [3.63, 3.8) is 0 Å². The number of sulfonamides is 1. The first-order valence-corrected chi connectivity index (χ1v) is 8.86. The summed E-state index contributed by atoms with van der Waals surface area (Å²) in [7, 11) is 0.745. The molecule has 0 aliphatic carbocycles. The van der Waals surface area contributed by atoms with Crippen LogP contribution in [0.4, 0.5) is 0 Å². The van der Waals surface area contributed by atoms with E-state index in [2.05, 4.69) is 5.32 Å². The molecule has 1 aliphatic heterocycles. The van der Waals surface area contributed by atoms with E-state index in [1.54, 1.807) is 6.07 Å². The lowest BCUT2D eigenvalue weighted by Gasteiger charge is -2.32. The van der Waals surface area contributed by atoms with Gasteiger partial charge in [0.15, 0.2) is 6.10 Å². The molecule has 132 valence electrons. The van der Waals surface area contributed by atoms with Gasteiger partial charge in [-0.05, 0) is 18.2 Å². The van der Waals surface area contributed by atoms with Gasteiger partial charge in [-0.3, -0.25) is 9.59 Å². The van der Waals surface area contributed by atoms with E-state index in [1.165, 1.54) is 44.2 Å². The van der Waals surface area contributed by atoms with Crippen LogP contribution in [0.3, 0.4) is 0 Å². The summed E-state index contributed by atoms with van der Waals surface area (Å²) in [4.78, 5) is 25.8. The summed E-state index contributed by atoms with van der Waals surface area (Å²) in [5.74, 6) is -0.626. The molecule has 1 saturated heterocycles. The number of nitrogens with one attached hydrogen (secondary N) is 1. The molecule has 9 heteroatoms. The van der Waals surface area contributed by atoms with Crippen LogP contribution in [0.25, 0.3) is 0 Å². The maximum absolute atomic E-state index is 12.6. The van der Waals surface area contributed by atoms with E-state index in [9.17, 15) is 18.0 Å². The van der Waals surface area contributed by atoms with Gasteiger partial charge in [0.05, 0.1) is 18.0 Å². The van der Waals surface area contributed by atoms with Crippen LogP contribution >= 0.6 is 0 Å². The van der Waals surface area contributed by atoms with E-state index in [4.69, 9.17) is 4.74 Å². The number of morpholine rings is 1. The van der Waals surface area contributed by atoms with Crippen molar-refractivity contribution < 1.29 is 22.7 Å². The monoisotopic (exact) mass is 355 g/mol. The first-order chi connectivity index (χ1) is 11.3. The second-order valence-corrected chi connectivity index (χ2v) is 7.69. The van der Waals surface area contributed by atoms with E-state index in [1.807, 2.05) is 0 Å². The van der Waals surface area contributed by atoms with Crippen LogP contribution in [0, 0.1) is 0 Å². The van der Waals surface area contributed by atoms with Gasteiger partial charge in [-0.2, -0.15) is 0 Å². The largest absolute Gasteiger partial charge is 0.365 e. The molecule has 0 spiro atoms. The zero-order valence-corrected chi connectivity index (χ0v) is 14.7. The normalized spacial score (nSPS) is 18.5. The third kappa shape index (κ3) is 3.74. The number of ether oxygens (including phenoxy) is 1. The molecule has 1 atom stereocenters. The summed E-state index contributed by atoms with van der Waals surface area (Å²) in [6.45, 7) is 0.722. The van der Waals surface area contributed by atoms with Crippen LogP contribution in [-0.4, -0.2) is 76.4 Å². The standard InChI is InChI=1S/C15H21N3O5S/c1-16-14(19)13-10-18(7-8-23-13)15(20)11-5-4-6-12(9-11)24(21,22)17(2)3/h4-6,9,13H,7-8,10H2,1-3H3,(H,16,19). The minimum Gasteiger partial charge on any atom is -0.365 e. The minimum absolute atomic E-state index is 0.0504. The number of likely N-dealkylation sites (N-methyl/N-ethyl adjacent to an activating group) is 1. The maximum Gasteiger partial charge on any atom is 0.254 e. The molecule has 8 nitrogen and oxygen atoms in total. The average Bonchev–Trinajstić information content (AvgIpc) is 2.60. The Kier molecular flexibility index (Phi) is 5.58. The van der Waals surface area contributed by atoms with E-state index >= 15 is 0 Å². The molecule has 1 aliphatic rings. The Balaban J connectivity index is 2.23. The van der Waals surface area contributed by atoms with Crippen molar-refractivity contribution >= 4 is 21.8 Å². The van der Waals surface area contributed by atoms with Crippen molar-refractivity contribution in [1.82, 2.24) is 14.5 Å². The molecular formula is C15H21N3O5S. The first-order valence-electron chi connectivity index (χ1n) is 7.42. The van der Waals surface area contributed by atoms with Gasteiger partial charge in [-0.1, -0.05) is 6.07 Å². The van der Waals surface area contributed by atoms with E-state index in [-0.39, 0.29) is 35.4 Å². The average molecular weight is 355 g/mol. The highest BCUT2D eigenvalue weighted by Crippen LogP contribution is 2.17. The van der Waals surface area contributed by atoms with Crippen molar-refractivity contribution in [3.8, 4) is 0 Å². The van der Waals surface area contributed by atoms with E-state index < -0.39 is 16.1 Å². The number of rotatable bonds is 4. The highest BCUT2D eigenvalue weighted by atomic mass is 32.2. The summed E-state index contributed by atoms with van der Waals surface area (Å²) in [6, 6.07) is 5.88. The van der Waals surface area contributed by atoms with Crippen LogP contribution in [-0.2, 0) is 19.6 Å². The topological polar surface area (TPSA) is 96.0 Å². The predicted octanol–water partition coefficient (Wildman–Crippen LogP) is -0.476. The van der Waals surface area contributed by atoms with Gasteiger partial charge in [0.2, 0.25) is 10.0 Å². The molecule has 1 unspecified atom stereocenters. The van der Waals surface area contributed by atoms with Crippen LogP contribution in [0.2, 0.25) is 0 Å². The molecule has 0 saturated carbocycles. The Morgan fingerprint density at radius 2 is 2.04 bits per heavy atom. The molecular weight excluding hydrogens is 334 g/mol. The molecule has 1 heterocycles. The van der Waals surface area contributed by atoms with Gasteiger partial charge in [-0.25, -0.2) is 12.7 Å². The van der Waals surface area contributed by atoms with Gasteiger partial charge in [-0.15, -0.1) is 0 Å². The molecule has 1 N–H and O–H groups in total. The number of benzene rings is 1. The van der Waals surface area contributed by atoms with Crippen molar-refractivity contribution in [2.75, 3.05) is 40.8 Å². The Morgan fingerprint density at radius 3 is 2.67 bits per heavy atom. The summed E-state index contributed by atoms with van der Waals surface area (Å²) in [5.41, 5.74) is 0.260. The number of hydrogen-bond donors (Lipinski definition) is 1. The Hall–Kier alpha value is -1.97. The van der Waals surface area contributed by atoms with Crippen LogP contribution in [0.15, 0.2) is 29.2 Å². The fourth-order valence-corrected chi connectivity index (χ4v) is 3.28. The highest BCUT2D eigenvalue weighted by Gasteiger charge is 2.29. The number of amides is 2. The number of carbonyl (C=O) groups excluding carboxylic acids is 2. The third-order valence-electron chi connectivity index (χ3n) is 3.75. The second-order valence-electron chi connectivity index (χ2n) is 5.54. The van der Waals surface area contributed by atoms with Gasteiger partial charge in [0, 0.05) is 33.3 Å². The molecule has 2 rings (SSSR count). The quantitative estimate of drug-likeness (QED) is 0.787. The van der Waals surface area contributed by atoms with Crippen molar-refractivity contribution in [1.29, 1.82) is 0 Å². The predicted molar refractivity (Wildman–Crippen MR) is 87.0 cm³/mol. The van der Waals surface area contributed by atoms with Crippen molar-refractivity contribution in [3.05, 3.63) is 29.8 Å². The Labute approximate surface area is 141 Å². The van der Waals surface area contributed by atoms with E-state index in [0.717, 1.165) is 4.31 Å².